The first-order valence-electron chi connectivity index (χ1n) is 10.1. The normalized spacial score (nSPS) is 33.3. The van der Waals surface area contributed by atoms with Crippen LogP contribution in [0.5, 0.6) is 0 Å². The number of allylic oxidation sites excluding steroid dienone is 2. The highest BCUT2D eigenvalue weighted by Crippen LogP contribution is 2.52. The smallest absolute Gasteiger partial charge is 0.355 e. The molecule has 5 unspecified atom stereocenters. The van der Waals surface area contributed by atoms with Gasteiger partial charge in [-0.05, 0) is 24.7 Å². The van der Waals surface area contributed by atoms with Crippen LogP contribution in [-0.4, -0.2) is 79.6 Å². The van der Waals surface area contributed by atoms with Crippen LogP contribution in [-0.2, 0) is 9.59 Å². The van der Waals surface area contributed by atoms with Crippen molar-refractivity contribution in [1.29, 1.82) is 0 Å². The van der Waals surface area contributed by atoms with E-state index < -0.39 is 12.7 Å². The number of carbonyl (C=O) groups is 2. The summed E-state index contributed by atoms with van der Waals surface area (Å²) in [6.45, 7) is 0.371. The molecule has 2 aliphatic heterocycles. The molecule has 0 aromatic heterocycles. The molecule has 2 saturated heterocycles. The molecule has 4 rings (SSSR count). The van der Waals surface area contributed by atoms with Crippen molar-refractivity contribution in [3.8, 4) is 0 Å². The lowest BCUT2D eigenvalue weighted by Gasteiger charge is -2.21. The molecule has 0 spiro atoms. The van der Waals surface area contributed by atoms with E-state index >= 15 is 0 Å². The first-order valence-corrected chi connectivity index (χ1v) is 10.1. The summed E-state index contributed by atoms with van der Waals surface area (Å²) in [7, 11) is 1.58. The van der Waals surface area contributed by atoms with E-state index in [4.69, 9.17) is 0 Å². The number of fused-ring (bicyclic) bond motifs is 5. The van der Waals surface area contributed by atoms with Gasteiger partial charge in [0.15, 0.2) is 5.96 Å². The number of hydrogen-bond acceptors (Lipinski definition) is 4. The minimum Gasteiger partial charge on any atom is -0.355 e. The number of halogens is 4. The fourth-order valence-electron chi connectivity index (χ4n) is 5.21. The summed E-state index contributed by atoms with van der Waals surface area (Å²) in [6.07, 6.45) is 1.43. The Kier molecular flexibility index (Phi) is 7.00. The molecule has 0 radical (unpaired) electrons. The Morgan fingerprint density at radius 1 is 1.20 bits per heavy atom. The van der Waals surface area contributed by atoms with E-state index in [1.54, 1.807) is 7.05 Å². The van der Waals surface area contributed by atoms with Gasteiger partial charge in [0.1, 0.15) is 0 Å². The second-order valence-corrected chi connectivity index (χ2v) is 8.31. The van der Waals surface area contributed by atoms with Gasteiger partial charge in [-0.25, -0.2) is 0 Å². The van der Waals surface area contributed by atoms with E-state index in [0.717, 1.165) is 6.42 Å². The molecule has 2 aliphatic carbocycles. The van der Waals surface area contributed by atoms with Gasteiger partial charge in [0.25, 0.3) is 0 Å². The zero-order valence-electron chi connectivity index (χ0n) is 16.7. The molecule has 0 aromatic rings. The van der Waals surface area contributed by atoms with Crippen molar-refractivity contribution in [3.63, 3.8) is 0 Å². The maximum Gasteiger partial charge on any atom is 0.401 e. The summed E-state index contributed by atoms with van der Waals surface area (Å²) in [4.78, 5) is 32.1. The molecule has 4 aliphatic rings. The molecule has 168 valence electrons. The Morgan fingerprint density at radius 3 is 2.40 bits per heavy atom. The minimum atomic E-state index is -4.20. The number of nitrogens with one attached hydrogen (secondary N) is 2. The van der Waals surface area contributed by atoms with Crippen LogP contribution in [0.3, 0.4) is 0 Å². The van der Waals surface area contributed by atoms with Crippen molar-refractivity contribution < 1.29 is 22.8 Å². The highest BCUT2D eigenvalue weighted by atomic mass is 127. The quantitative estimate of drug-likeness (QED) is 0.180. The zero-order chi connectivity index (χ0) is 20.8. The molecule has 2 heterocycles. The van der Waals surface area contributed by atoms with Crippen molar-refractivity contribution in [2.45, 2.75) is 25.1 Å². The standard InChI is InChI=1S/C19H26F3N5O2.HI/c1-23-18(25-13-4-6-26(9-13)10-19(20,21)22)24-5-7-27-16(28)14-11-2-3-12(8-11)15(14)17(27)29;/h2-3,11-15H,4-10H2,1H3,(H2,23,24,25);1H. The minimum absolute atomic E-state index is 0. The lowest BCUT2D eigenvalue weighted by Crippen LogP contribution is -2.47. The number of rotatable bonds is 5. The van der Waals surface area contributed by atoms with Gasteiger partial charge < -0.3 is 10.6 Å². The van der Waals surface area contributed by atoms with Crippen molar-refractivity contribution in [2.75, 3.05) is 39.8 Å². The number of alkyl halides is 3. The van der Waals surface area contributed by atoms with E-state index in [1.165, 1.54) is 9.80 Å². The van der Waals surface area contributed by atoms with Gasteiger partial charge in [-0.2, -0.15) is 13.2 Å². The van der Waals surface area contributed by atoms with E-state index in [0.29, 0.717) is 32.0 Å². The van der Waals surface area contributed by atoms with Crippen LogP contribution in [0, 0.1) is 23.7 Å². The van der Waals surface area contributed by atoms with Gasteiger partial charge in [-0.3, -0.25) is 24.4 Å². The third-order valence-electron chi connectivity index (χ3n) is 6.43. The molecule has 11 heteroatoms. The Balaban J connectivity index is 0.00000256. The van der Waals surface area contributed by atoms with Crippen LogP contribution < -0.4 is 10.6 Å². The summed E-state index contributed by atoms with van der Waals surface area (Å²) in [5, 5.41) is 6.19. The highest BCUT2D eigenvalue weighted by molar-refractivity contribution is 14.0. The molecular formula is C19H27F3IN5O2. The highest BCUT2D eigenvalue weighted by Gasteiger charge is 2.58. The van der Waals surface area contributed by atoms with Gasteiger partial charge in [-0.1, -0.05) is 12.2 Å². The van der Waals surface area contributed by atoms with Crippen molar-refractivity contribution in [3.05, 3.63) is 12.2 Å². The predicted molar refractivity (Wildman–Crippen MR) is 115 cm³/mol. The van der Waals surface area contributed by atoms with E-state index in [1.807, 2.05) is 0 Å². The lowest BCUT2D eigenvalue weighted by atomic mass is 9.85. The third kappa shape index (κ3) is 4.61. The number of amides is 2. The molecule has 7 nitrogen and oxygen atoms in total. The zero-order valence-corrected chi connectivity index (χ0v) is 19.0. The van der Waals surface area contributed by atoms with Gasteiger partial charge in [-0.15, -0.1) is 24.0 Å². The Bertz CT molecular complexity index is 714. The van der Waals surface area contributed by atoms with E-state index in [2.05, 4.69) is 27.8 Å². The largest absolute Gasteiger partial charge is 0.401 e. The van der Waals surface area contributed by atoms with Gasteiger partial charge in [0.2, 0.25) is 11.8 Å². The summed E-state index contributed by atoms with van der Waals surface area (Å²) >= 11 is 0. The van der Waals surface area contributed by atoms with Crippen LogP contribution in [0.4, 0.5) is 13.2 Å². The molecule has 30 heavy (non-hydrogen) atoms. The fourth-order valence-corrected chi connectivity index (χ4v) is 5.21. The number of nitrogens with zero attached hydrogens (tertiary/aromatic N) is 3. The number of aliphatic imine (C=N–C) groups is 1. The fraction of sp³-hybridized carbons (Fsp3) is 0.737. The number of carbonyl (C=O) groups excluding carboxylic acids is 2. The van der Waals surface area contributed by atoms with Crippen LogP contribution in [0.2, 0.25) is 0 Å². The second-order valence-electron chi connectivity index (χ2n) is 8.31. The van der Waals surface area contributed by atoms with Gasteiger partial charge >= 0.3 is 6.18 Å². The lowest BCUT2D eigenvalue weighted by molar-refractivity contribution is -0.144. The van der Waals surface area contributed by atoms with Crippen LogP contribution >= 0.6 is 24.0 Å². The molecule has 2 amide bonds. The molecule has 5 atom stereocenters. The maximum atomic E-state index is 12.7. The Labute approximate surface area is 190 Å². The summed E-state index contributed by atoms with van der Waals surface area (Å²) in [5.74, 6) is 0.276. The van der Waals surface area contributed by atoms with Gasteiger partial charge in [0.05, 0.1) is 18.4 Å². The van der Waals surface area contributed by atoms with E-state index in [-0.39, 0.29) is 72.0 Å². The maximum absolute atomic E-state index is 12.7. The van der Waals surface area contributed by atoms with E-state index in [9.17, 15) is 22.8 Å². The Hall–Kier alpha value is -1.37. The summed E-state index contributed by atoms with van der Waals surface area (Å²) in [5.41, 5.74) is 0. The molecule has 2 N–H and O–H groups in total. The third-order valence-corrected chi connectivity index (χ3v) is 6.43. The first kappa shape index (κ1) is 23.3. The second kappa shape index (κ2) is 9.01. The monoisotopic (exact) mass is 541 g/mol. The van der Waals surface area contributed by atoms with Gasteiger partial charge in [0, 0.05) is 39.3 Å². The average molecular weight is 541 g/mol. The van der Waals surface area contributed by atoms with Crippen LogP contribution in [0.25, 0.3) is 0 Å². The number of imide groups is 1. The Morgan fingerprint density at radius 2 is 1.83 bits per heavy atom. The molecular weight excluding hydrogens is 514 g/mol. The van der Waals surface area contributed by atoms with Crippen LogP contribution in [0.1, 0.15) is 12.8 Å². The average Bonchev–Trinajstić information content (AvgIpc) is 3.40. The number of hydrogen-bond donors (Lipinski definition) is 2. The first-order chi connectivity index (χ1) is 13.8. The summed E-state index contributed by atoms with van der Waals surface area (Å²) < 4.78 is 37.5. The SMILES string of the molecule is CN=C(NCCN1C(=O)C2C3C=CC(C3)C2C1=O)NC1CCN(CC(F)(F)F)C1.I. The molecule has 2 bridgehead atoms. The number of likely N-dealkylation sites (tertiary alicyclic amines) is 2. The van der Waals surface area contributed by atoms with Crippen molar-refractivity contribution in [2.24, 2.45) is 28.7 Å². The van der Waals surface area contributed by atoms with Crippen molar-refractivity contribution >= 4 is 41.8 Å². The number of guanidine groups is 1. The predicted octanol–water partition coefficient (Wildman–Crippen LogP) is 1.21. The topological polar surface area (TPSA) is 77.0 Å². The molecule has 0 aromatic carbocycles. The van der Waals surface area contributed by atoms with Crippen molar-refractivity contribution in [1.82, 2.24) is 20.4 Å². The molecule has 3 fully saturated rings. The van der Waals surface area contributed by atoms with Crippen LogP contribution in [0.15, 0.2) is 17.1 Å². The molecule has 1 saturated carbocycles. The summed E-state index contributed by atoms with van der Waals surface area (Å²) in [6, 6.07) is -0.125.